The van der Waals surface area contributed by atoms with Crippen molar-refractivity contribution < 1.29 is 80.6 Å². The van der Waals surface area contributed by atoms with Crippen LogP contribution in [0.15, 0.2) is 97.1 Å². The largest absolute Gasteiger partial charge is 0.449 e. The van der Waals surface area contributed by atoms with Gasteiger partial charge in [-0.1, -0.05) is 97.1 Å². The first-order valence-electron chi connectivity index (χ1n) is 27.8. The van der Waals surface area contributed by atoms with Gasteiger partial charge in [-0.05, 0) is 50.9 Å². The molecule has 0 fully saturated rings. The van der Waals surface area contributed by atoms with Crippen LogP contribution in [0.1, 0.15) is 40.5 Å². The summed E-state index contributed by atoms with van der Waals surface area (Å²) in [4.78, 5) is 26.5. The number of ether oxygens (including phenoxy) is 15. The standard InChI is InChI=1S/C60H84N2O17/c1-62(60(64)79-48-58-55-17-8-4-13-51(55)52-14-5-9-18-56(52)58)20-22-66-24-26-68-28-30-70-32-34-72-36-38-74-40-42-76-44-46-77-45-43-75-41-39-73-37-35-71-33-31-69-29-27-67-25-23-65-21-10-19-61-59(63)78-47-57-53-15-6-2-11-49(53)50-12-3-7-16-54(50)57/h2-9,11-18,57-58H,10,19-48H2,1H3,(H,61,63). The fraction of sp³-hybridized carbons (Fsp3) is 0.567. The highest BCUT2D eigenvalue weighted by atomic mass is 16.6. The molecule has 0 spiro atoms. The molecule has 2 aliphatic carbocycles. The molecule has 436 valence electrons. The maximum atomic E-state index is 12.7. The lowest BCUT2D eigenvalue weighted by molar-refractivity contribution is -0.0291. The summed E-state index contributed by atoms with van der Waals surface area (Å²) in [6.45, 7) is 13.7. The van der Waals surface area contributed by atoms with Crippen LogP contribution >= 0.6 is 0 Å². The third kappa shape index (κ3) is 24.3. The molecule has 0 saturated heterocycles. The quantitative estimate of drug-likeness (QED) is 0.0445. The lowest BCUT2D eigenvalue weighted by Gasteiger charge is -2.19. The molecule has 0 aromatic heterocycles. The maximum absolute atomic E-state index is 12.7. The third-order valence-electron chi connectivity index (χ3n) is 12.8. The Bertz CT molecular complexity index is 2160. The second-order valence-corrected chi connectivity index (χ2v) is 18.3. The zero-order chi connectivity index (χ0) is 55.1. The molecule has 0 atom stereocenters. The molecule has 4 aromatic rings. The molecule has 0 saturated carbocycles. The minimum absolute atomic E-state index is 0.0304. The summed E-state index contributed by atoms with van der Waals surface area (Å²) in [6.07, 6.45) is -0.114. The van der Waals surface area contributed by atoms with Gasteiger partial charge in [0, 0.05) is 38.6 Å². The zero-order valence-corrected chi connectivity index (χ0v) is 46.2. The van der Waals surface area contributed by atoms with Crippen LogP contribution in [0.25, 0.3) is 22.3 Å². The SMILES string of the molecule is CN(CCOCCOCCOCCOCCOCCOCCOCCOCCOCCOCCOCCOCCOCCCNC(=O)OCC1c2ccccc2-c2ccccc21)C(=O)OCC1c2ccccc2-c2ccccc21. The molecule has 2 aliphatic rings. The molecule has 6 rings (SSSR count). The zero-order valence-electron chi connectivity index (χ0n) is 46.2. The lowest BCUT2D eigenvalue weighted by Crippen LogP contribution is -2.32. The Morgan fingerprint density at radius 3 is 0.911 bits per heavy atom. The molecule has 19 nitrogen and oxygen atoms in total. The van der Waals surface area contributed by atoms with Crippen LogP contribution in [-0.2, 0) is 71.1 Å². The van der Waals surface area contributed by atoms with Crippen molar-refractivity contribution in [2.24, 2.45) is 0 Å². The molecule has 0 unspecified atom stereocenters. The summed E-state index contributed by atoms with van der Waals surface area (Å²) in [5.41, 5.74) is 9.57. The van der Waals surface area contributed by atoms with E-state index in [1.54, 1.807) is 7.05 Å². The fourth-order valence-electron chi connectivity index (χ4n) is 8.75. The highest BCUT2D eigenvalue weighted by Crippen LogP contribution is 2.45. The van der Waals surface area contributed by atoms with E-state index in [4.69, 9.17) is 71.1 Å². The number of carbonyl (C=O) groups is 2. The summed E-state index contributed by atoms with van der Waals surface area (Å²) in [7, 11) is 1.71. The molecule has 0 heterocycles. The summed E-state index contributed by atoms with van der Waals surface area (Å²) in [6, 6.07) is 33.1. The maximum Gasteiger partial charge on any atom is 0.409 e. The van der Waals surface area contributed by atoms with Gasteiger partial charge < -0.3 is 81.3 Å². The van der Waals surface area contributed by atoms with Gasteiger partial charge in [0.1, 0.15) is 13.2 Å². The molecule has 0 bridgehead atoms. The van der Waals surface area contributed by atoms with Crippen molar-refractivity contribution in [1.82, 2.24) is 10.2 Å². The molecule has 79 heavy (non-hydrogen) atoms. The number of hydrogen-bond donors (Lipinski definition) is 1. The van der Waals surface area contributed by atoms with Crippen LogP contribution < -0.4 is 5.32 Å². The van der Waals surface area contributed by atoms with Crippen LogP contribution in [0.3, 0.4) is 0 Å². The summed E-state index contributed by atoms with van der Waals surface area (Å²) in [5.74, 6) is 0.0719. The van der Waals surface area contributed by atoms with Crippen molar-refractivity contribution in [3.05, 3.63) is 119 Å². The van der Waals surface area contributed by atoms with Crippen molar-refractivity contribution in [3.63, 3.8) is 0 Å². The Balaban J connectivity index is 0.566. The average Bonchev–Trinajstić information content (AvgIpc) is 4.23. The predicted molar refractivity (Wildman–Crippen MR) is 296 cm³/mol. The van der Waals surface area contributed by atoms with Crippen LogP contribution in [0.2, 0.25) is 0 Å². The van der Waals surface area contributed by atoms with Gasteiger partial charge >= 0.3 is 12.2 Å². The third-order valence-corrected chi connectivity index (χ3v) is 12.8. The Kier molecular flexibility index (Phi) is 32.1. The monoisotopic (exact) mass is 1100 g/mol. The Morgan fingerprint density at radius 2 is 0.608 bits per heavy atom. The summed E-state index contributed by atoms with van der Waals surface area (Å²) in [5, 5.41) is 2.81. The van der Waals surface area contributed by atoms with Crippen molar-refractivity contribution in [2.45, 2.75) is 18.3 Å². The van der Waals surface area contributed by atoms with Crippen LogP contribution in [0.4, 0.5) is 9.59 Å². The van der Waals surface area contributed by atoms with Gasteiger partial charge in [0.05, 0.1) is 165 Å². The van der Waals surface area contributed by atoms with Crippen molar-refractivity contribution in [1.29, 1.82) is 0 Å². The predicted octanol–water partition coefficient (Wildman–Crippen LogP) is 7.01. The average molecular weight is 1110 g/mol. The normalized spacial score (nSPS) is 12.6. The topological polar surface area (TPSA) is 188 Å². The Morgan fingerprint density at radius 1 is 0.354 bits per heavy atom. The van der Waals surface area contributed by atoms with E-state index in [1.807, 2.05) is 48.5 Å². The van der Waals surface area contributed by atoms with Crippen LogP contribution in [0, 0.1) is 0 Å². The van der Waals surface area contributed by atoms with Gasteiger partial charge in [-0.25, -0.2) is 9.59 Å². The molecular formula is C60H84N2O17. The van der Waals surface area contributed by atoms with Gasteiger partial charge in [-0.2, -0.15) is 0 Å². The highest BCUT2D eigenvalue weighted by molar-refractivity contribution is 5.80. The van der Waals surface area contributed by atoms with Gasteiger partial charge in [-0.15, -0.1) is 0 Å². The van der Waals surface area contributed by atoms with Crippen molar-refractivity contribution in [3.8, 4) is 22.3 Å². The molecule has 19 heteroatoms. The summed E-state index contributed by atoms with van der Waals surface area (Å²) < 4.78 is 83.5. The van der Waals surface area contributed by atoms with Gasteiger partial charge in [0.2, 0.25) is 0 Å². The molecule has 0 aliphatic heterocycles. The number of hydrogen-bond acceptors (Lipinski definition) is 17. The smallest absolute Gasteiger partial charge is 0.409 e. The number of nitrogens with one attached hydrogen (secondary N) is 1. The van der Waals surface area contributed by atoms with E-state index in [-0.39, 0.29) is 17.9 Å². The van der Waals surface area contributed by atoms with Crippen molar-refractivity contribution in [2.75, 3.05) is 205 Å². The number of nitrogens with zero attached hydrogens (tertiary/aromatic N) is 1. The number of amides is 2. The van der Waals surface area contributed by atoms with E-state index in [1.165, 1.54) is 49.4 Å². The second kappa shape index (κ2) is 40.1. The van der Waals surface area contributed by atoms with Crippen molar-refractivity contribution >= 4 is 12.2 Å². The highest BCUT2D eigenvalue weighted by Gasteiger charge is 2.30. The molecule has 2 amide bonds. The molecular weight excluding hydrogens is 1020 g/mol. The van der Waals surface area contributed by atoms with E-state index >= 15 is 0 Å². The van der Waals surface area contributed by atoms with E-state index in [0.717, 1.165) is 0 Å². The first kappa shape index (κ1) is 63.1. The molecule has 4 aromatic carbocycles. The van der Waals surface area contributed by atoms with Gasteiger partial charge in [-0.3, -0.25) is 0 Å². The lowest BCUT2D eigenvalue weighted by atomic mass is 9.98. The Labute approximate surface area is 466 Å². The first-order chi connectivity index (χ1) is 39.1. The first-order valence-corrected chi connectivity index (χ1v) is 27.8. The molecule has 0 radical (unpaired) electrons. The number of likely N-dealkylation sites (N-methyl/N-ethyl adjacent to an activating group) is 1. The fourth-order valence-corrected chi connectivity index (χ4v) is 8.75. The second-order valence-electron chi connectivity index (χ2n) is 18.3. The summed E-state index contributed by atoms with van der Waals surface area (Å²) >= 11 is 0. The molecule has 1 N–H and O–H groups in total. The Hall–Kier alpha value is -5.10. The number of alkyl carbamates (subject to hydrolysis) is 1. The van der Waals surface area contributed by atoms with Crippen LogP contribution in [0.5, 0.6) is 0 Å². The van der Waals surface area contributed by atoms with Gasteiger partial charge in [0.25, 0.3) is 0 Å². The minimum atomic E-state index is -0.420. The number of fused-ring (bicyclic) bond motifs is 6. The van der Waals surface area contributed by atoms with Gasteiger partial charge in [0.15, 0.2) is 0 Å². The van der Waals surface area contributed by atoms with E-state index in [0.29, 0.717) is 205 Å². The number of benzene rings is 4. The number of carbonyl (C=O) groups excluding carboxylic acids is 2. The van der Waals surface area contributed by atoms with E-state index in [9.17, 15) is 9.59 Å². The van der Waals surface area contributed by atoms with Crippen LogP contribution in [-0.4, -0.2) is 222 Å². The minimum Gasteiger partial charge on any atom is -0.449 e. The van der Waals surface area contributed by atoms with E-state index in [2.05, 4.69) is 53.8 Å². The van der Waals surface area contributed by atoms with E-state index < -0.39 is 6.09 Å². The number of rotatable bonds is 47.